The number of hydrogen-bond acceptors (Lipinski definition) is 7. The number of carbonyl (C=O) groups is 4. The molecule has 218 valence electrons. The Kier molecular flexibility index (Phi) is 23.5. The van der Waals surface area contributed by atoms with Gasteiger partial charge in [-0.25, -0.2) is 4.79 Å². The molecule has 1 aromatic rings. The van der Waals surface area contributed by atoms with Gasteiger partial charge in [-0.05, 0) is 56.5 Å². The lowest BCUT2D eigenvalue weighted by atomic mass is 10.0. The van der Waals surface area contributed by atoms with Crippen molar-refractivity contribution >= 4 is 29.4 Å². The third-order valence-electron chi connectivity index (χ3n) is 4.65. The van der Waals surface area contributed by atoms with Gasteiger partial charge in [0.1, 0.15) is 6.04 Å². The van der Waals surface area contributed by atoms with E-state index in [4.69, 9.17) is 16.6 Å². The monoisotopic (exact) mass is 539 g/mol. The van der Waals surface area contributed by atoms with Crippen molar-refractivity contribution in [3.05, 3.63) is 29.8 Å². The van der Waals surface area contributed by atoms with Gasteiger partial charge in [0.25, 0.3) is 0 Å². The molecule has 1 unspecified atom stereocenters. The molecule has 0 aliphatic carbocycles. The lowest BCUT2D eigenvalue weighted by Crippen LogP contribution is -2.50. The van der Waals surface area contributed by atoms with Gasteiger partial charge < -0.3 is 43.2 Å². The van der Waals surface area contributed by atoms with Gasteiger partial charge in [0.15, 0.2) is 0 Å². The van der Waals surface area contributed by atoms with Gasteiger partial charge in [-0.3, -0.25) is 14.4 Å². The van der Waals surface area contributed by atoms with Crippen LogP contribution in [0.15, 0.2) is 24.3 Å². The van der Waals surface area contributed by atoms with Crippen LogP contribution in [0.2, 0.25) is 0 Å². The van der Waals surface area contributed by atoms with Crippen molar-refractivity contribution < 1.29 is 24.3 Å². The van der Waals surface area contributed by atoms with Crippen LogP contribution in [0.3, 0.4) is 0 Å². The minimum Gasteiger partial charge on any atom is -0.392 e. The molecular formula is C26H49N7O5. The number of benzene rings is 1. The number of likely N-dealkylation sites (N-methyl/N-ethyl adjacent to an activating group) is 1. The molecule has 0 fully saturated rings. The Morgan fingerprint density at radius 3 is 1.97 bits per heavy atom. The molecular weight excluding hydrogens is 490 g/mol. The highest BCUT2D eigenvalue weighted by atomic mass is 16.3. The second-order valence-electron chi connectivity index (χ2n) is 8.83. The maximum Gasteiger partial charge on any atom is 0.312 e. The van der Waals surface area contributed by atoms with Crippen molar-refractivity contribution in [2.24, 2.45) is 17.4 Å². The van der Waals surface area contributed by atoms with Crippen molar-refractivity contribution in [2.45, 2.75) is 66.0 Å². The van der Waals surface area contributed by atoms with E-state index in [1.165, 1.54) is 12.8 Å². The fraction of sp³-hybridized carbons (Fsp3) is 0.615. The number of aliphatic hydroxyl groups is 1. The zero-order valence-electron chi connectivity index (χ0n) is 23.6. The first kappa shape index (κ1) is 36.9. The number of rotatable bonds is 14. The SMILES string of the molecule is CCCCN.CCCNC(N)=O.CNCC(=O)NC(CC(C)C)C(=O)NCC(=O)Nc1ccc(CO)cc1. The average Bonchev–Trinajstić information content (AvgIpc) is 2.87. The summed E-state index contributed by atoms with van der Waals surface area (Å²) in [6.45, 7) is 9.37. The van der Waals surface area contributed by atoms with Gasteiger partial charge in [0.05, 0.1) is 19.7 Å². The summed E-state index contributed by atoms with van der Waals surface area (Å²) in [7, 11) is 1.65. The lowest BCUT2D eigenvalue weighted by Gasteiger charge is -2.20. The van der Waals surface area contributed by atoms with Crippen molar-refractivity contribution in [1.82, 2.24) is 21.3 Å². The summed E-state index contributed by atoms with van der Waals surface area (Å²) in [5.74, 6) is -0.838. The quantitative estimate of drug-likeness (QED) is 0.171. The summed E-state index contributed by atoms with van der Waals surface area (Å²) in [4.78, 5) is 45.9. The van der Waals surface area contributed by atoms with Crippen LogP contribution >= 0.6 is 0 Å². The van der Waals surface area contributed by atoms with E-state index in [-0.39, 0.29) is 37.4 Å². The van der Waals surface area contributed by atoms with Crippen LogP contribution in [0.1, 0.15) is 58.9 Å². The molecule has 0 aromatic heterocycles. The minimum absolute atomic E-state index is 0.0687. The van der Waals surface area contributed by atoms with E-state index in [9.17, 15) is 19.2 Å². The van der Waals surface area contributed by atoms with Crippen LogP contribution in [-0.4, -0.2) is 68.1 Å². The molecule has 0 aliphatic rings. The molecule has 38 heavy (non-hydrogen) atoms. The number of nitrogens with one attached hydrogen (secondary N) is 5. The maximum absolute atomic E-state index is 12.3. The number of carbonyl (C=O) groups excluding carboxylic acids is 4. The van der Waals surface area contributed by atoms with E-state index in [1.807, 2.05) is 20.8 Å². The number of nitrogens with two attached hydrogens (primary N) is 2. The summed E-state index contributed by atoms with van der Waals surface area (Å²) in [6.07, 6.45) is 3.80. The molecule has 1 aromatic carbocycles. The average molecular weight is 540 g/mol. The Bertz CT molecular complexity index is 787. The topological polar surface area (TPSA) is 201 Å². The number of urea groups is 1. The Morgan fingerprint density at radius 1 is 0.947 bits per heavy atom. The molecule has 1 atom stereocenters. The van der Waals surface area contributed by atoms with E-state index < -0.39 is 18.0 Å². The molecule has 0 saturated heterocycles. The fourth-order valence-electron chi connectivity index (χ4n) is 2.75. The highest BCUT2D eigenvalue weighted by molar-refractivity contribution is 5.96. The number of hydrogen-bond donors (Lipinski definition) is 8. The highest BCUT2D eigenvalue weighted by Gasteiger charge is 2.22. The Morgan fingerprint density at radius 2 is 1.58 bits per heavy atom. The Hall–Kier alpha value is -3.22. The van der Waals surface area contributed by atoms with Gasteiger partial charge in [0, 0.05) is 12.2 Å². The minimum atomic E-state index is -0.688. The normalized spacial score (nSPS) is 10.6. The predicted octanol–water partition coefficient (Wildman–Crippen LogP) is 0.794. The number of primary amides is 1. The van der Waals surface area contributed by atoms with E-state index >= 15 is 0 Å². The number of amides is 5. The van der Waals surface area contributed by atoms with Crippen molar-refractivity contribution in [2.75, 3.05) is 38.5 Å². The van der Waals surface area contributed by atoms with Gasteiger partial charge >= 0.3 is 6.03 Å². The van der Waals surface area contributed by atoms with Crippen molar-refractivity contribution in [3.63, 3.8) is 0 Å². The second kappa shape index (κ2) is 24.1. The number of aliphatic hydroxyl groups excluding tert-OH is 1. The molecule has 0 radical (unpaired) electrons. The summed E-state index contributed by atoms with van der Waals surface area (Å²) >= 11 is 0. The van der Waals surface area contributed by atoms with Crippen molar-refractivity contribution in [1.29, 1.82) is 0 Å². The van der Waals surface area contributed by atoms with E-state index in [0.29, 0.717) is 18.7 Å². The fourth-order valence-corrected chi connectivity index (χ4v) is 2.75. The summed E-state index contributed by atoms with van der Waals surface area (Å²) in [5.41, 5.74) is 11.2. The van der Waals surface area contributed by atoms with Crippen LogP contribution in [-0.2, 0) is 21.0 Å². The molecule has 10 N–H and O–H groups in total. The maximum atomic E-state index is 12.3. The largest absolute Gasteiger partial charge is 0.392 e. The van der Waals surface area contributed by atoms with Crippen LogP contribution < -0.4 is 38.1 Å². The Labute approximate surface area is 227 Å². The molecule has 5 amide bonds. The van der Waals surface area contributed by atoms with Crippen LogP contribution in [0, 0.1) is 5.92 Å². The first-order valence-corrected chi connectivity index (χ1v) is 13.0. The zero-order valence-corrected chi connectivity index (χ0v) is 23.6. The van der Waals surface area contributed by atoms with E-state index in [2.05, 4.69) is 33.5 Å². The second-order valence-corrected chi connectivity index (χ2v) is 8.83. The molecule has 0 spiro atoms. The summed E-state index contributed by atoms with van der Waals surface area (Å²) in [6, 6.07) is 5.61. The van der Waals surface area contributed by atoms with Gasteiger partial charge in [-0.2, -0.15) is 0 Å². The molecule has 12 nitrogen and oxygen atoms in total. The standard InChI is InChI=1S/C18H28N4O4.C4H10N2O.C4H11N/c1-12(2)8-15(22-16(24)9-19-3)18(26)20-10-17(25)21-14-6-4-13(11-23)5-7-14;1-2-3-6-4(5)7;1-2-3-4-5/h4-7,12,15,19,23H,8-11H2,1-3H3,(H,20,26)(H,21,25)(H,22,24);2-3H2,1H3,(H3,5,6,7);2-5H2,1H3. The Balaban J connectivity index is 0. The first-order valence-electron chi connectivity index (χ1n) is 13.0. The summed E-state index contributed by atoms with van der Waals surface area (Å²) < 4.78 is 0. The number of unbranched alkanes of at least 4 members (excludes halogenated alkanes) is 1. The molecule has 0 aliphatic heterocycles. The summed E-state index contributed by atoms with van der Waals surface area (Å²) in [5, 5.41) is 22.0. The predicted molar refractivity (Wildman–Crippen MR) is 151 cm³/mol. The van der Waals surface area contributed by atoms with Crippen LogP contribution in [0.5, 0.6) is 0 Å². The van der Waals surface area contributed by atoms with Crippen LogP contribution in [0.25, 0.3) is 0 Å². The van der Waals surface area contributed by atoms with E-state index in [1.54, 1.807) is 31.3 Å². The van der Waals surface area contributed by atoms with Crippen LogP contribution in [0.4, 0.5) is 10.5 Å². The lowest BCUT2D eigenvalue weighted by molar-refractivity contribution is -0.129. The van der Waals surface area contributed by atoms with E-state index in [0.717, 1.165) is 18.5 Å². The molecule has 0 heterocycles. The number of anilines is 1. The van der Waals surface area contributed by atoms with Gasteiger partial charge in [-0.15, -0.1) is 0 Å². The third-order valence-corrected chi connectivity index (χ3v) is 4.65. The van der Waals surface area contributed by atoms with Gasteiger partial charge in [-0.1, -0.05) is 46.2 Å². The molecule has 1 rings (SSSR count). The molecule has 0 bridgehead atoms. The first-order chi connectivity index (χ1) is 18.0. The van der Waals surface area contributed by atoms with Crippen molar-refractivity contribution in [3.8, 4) is 0 Å². The third kappa shape index (κ3) is 22.0. The van der Waals surface area contributed by atoms with Gasteiger partial charge in [0.2, 0.25) is 17.7 Å². The zero-order chi connectivity index (χ0) is 29.3. The molecule has 12 heteroatoms. The molecule has 0 saturated carbocycles. The smallest absolute Gasteiger partial charge is 0.312 e. The highest BCUT2D eigenvalue weighted by Crippen LogP contribution is 2.09.